The zero-order valence-electron chi connectivity index (χ0n) is 18.1. The number of rotatable bonds is 7. The number of para-hydroxylation sites is 3. The summed E-state index contributed by atoms with van der Waals surface area (Å²) in [6.07, 6.45) is 2.08. The van der Waals surface area contributed by atoms with Gasteiger partial charge < -0.3 is 15.8 Å². The summed E-state index contributed by atoms with van der Waals surface area (Å²) in [4.78, 5) is 28.8. The fraction of sp³-hybridized carbons (Fsp3) is 0.167. The lowest BCUT2D eigenvalue weighted by atomic mass is 10.1. The number of nitrogens with one attached hydrogen (secondary N) is 1. The standard InChI is InChI=1S/C24H22ClN5O3/c1-14-16(15(2)30-24(28-14)17(13-27-30)23(26)32)11-12-22(31)29-19-8-4-6-10-21(19)33-20-9-5-3-7-18(20)25/h3-10,13H,11-12H2,1-2H3,(H2,26,32)(H,29,31). The summed E-state index contributed by atoms with van der Waals surface area (Å²) in [5, 5.41) is 7.60. The minimum atomic E-state index is -0.582. The zero-order valence-corrected chi connectivity index (χ0v) is 18.9. The van der Waals surface area contributed by atoms with Gasteiger partial charge in [0.25, 0.3) is 5.91 Å². The molecule has 4 aromatic rings. The molecule has 2 amide bonds. The van der Waals surface area contributed by atoms with E-state index in [0.717, 1.165) is 17.0 Å². The molecule has 0 aliphatic heterocycles. The molecule has 9 heteroatoms. The molecule has 0 radical (unpaired) electrons. The van der Waals surface area contributed by atoms with Crippen LogP contribution < -0.4 is 15.8 Å². The second kappa shape index (κ2) is 9.30. The maximum absolute atomic E-state index is 12.7. The highest BCUT2D eigenvalue weighted by Gasteiger charge is 2.17. The largest absolute Gasteiger partial charge is 0.454 e. The van der Waals surface area contributed by atoms with E-state index in [0.29, 0.717) is 34.3 Å². The Morgan fingerprint density at radius 1 is 1.09 bits per heavy atom. The van der Waals surface area contributed by atoms with Crippen molar-refractivity contribution in [3.05, 3.63) is 82.3 Å². The Bertz CT molecular complexity index is 1370. The molecule has 4 rings (SSSR count). The van der Waals surface area contributed by atoms with E-state index in [2.05, 4.69) is 15.4 Å². The Kier molecular flexibility index (Phi) is 6.28. The van der Waals surface area contributed by atoms with Crippen molar-refractivity contribution in [2.24, 2.45) is 5.73 Å². The van der Waals surface area contributed by atoms with Gasteiger partial charge in [-0.15, -0.1) is 0 Å². The number of carbonyl (C=O) groups is 2. The first kappa shape index (κ1) is 22.3. The number of aromatic nitrogens is 3. The number of ether oxygens (including phenoxy) is 1. The molecule has 0 saturated carbocycles. The normalized spacial score (nSPS) is 10.9. The number of primary amides is 1. The monoisotopic (exact) mass is 463 g/mol. The van der Waals surface area contributed by atoms with E-state index in [-0.39, 0.29) is 17.9 Å². The van der Waals surface area contributed by atoms with Gasteiger partial charge in [-0.3, -0.25) is 9.59 Å². The molecule has 33 heavy (non-hydrogen) atoms. The van der Waals surface area contributed by atoms with Gasteiger partial charge in [-0.25, -0.2) is 9.50 Å². The van der Waals surface area contributed by atoms with Crippen molar-refractivity contribution in [2.75, 3.05) is 5.32 Å². The lowest BCUT2D eigenvalue weighted by Crippen LogP contribution is -2.15. The lowest BCUT2D eigenvalue weighted by molar-refractivity contribution is -0.116. The van der Waals surface area contributed by atoms with Crippen molar-refractivity contribution in [1.82, 2.24) is 14.6 Å². The molecule has 2 heterocycles. The van der Waals surface area contributed by atoms with Crippen LogP contribution in [0.4, 0.5) is 5.69 Å². The summed E-state index contributed by atoms with van der Waals surface area (Å²) < 4.78 is 7.48. The number of amides is 2. The lowest BCUT2D eigenvalue weighted by Gasteiger charge is -2.14. The van der Waals surface area contributed by atoms with Crippen LogP contribution in [-0.2, 0) is 11.2 Å². The zero-order chi connectivity index (χ0) is 23.5. The smallest absolute Gasteiger partial charge is 0.254 e. The van der Waals surface area contributed by atoms with Crippen molar-refractivity contribution < 1.29 is 14.3 Å². The second-order valence-corrected chi connectivity index (χ2v) is 7.90. The maximum Gasteiger partial charge on any atom is 0.254 e. The minimum absolute atomic E-state index is 0.178. The number of aryl methyl sites for hydroxylation is 2. The average molecular weight is 464 g/mol. The molecule has 2 aromatic heterocycles. The number of hydrogen-bond donors (Lipinski definition) is 2. The van der Waals surface area contributed by atoms with E-state index in [1.54, 1.807) is 28.8 Å². The van der Waals surface area contributed by atoms with Crippen LogP contribution in [0.15, 0.2) is 54.7 Å². The van der Waals surface area contributed by atoms with E-state index in [1.165, 1.54) is 6.20 Å². The molecule has 0 bridgehead atoms. The van der Waals surface area contributed by atoms with Gasteiger partial charge in [-0.05, 0) is 50.1 Å². The SMILES string of the molecule is Cc1nc2c(C(N)=O)cnn2c(C)c1CCC(=O)Nc1ccccc1Oc1ccccc1Cl. The van der Waals surface area contributed by atoms with Gasteiger partial charge in [0, 0.05) is 17.8 Å². The highest BCUT2D eigenvalue weighted by atomic mass is 35.5. The Balaban J connectivity index is 1.49. The van der Waals surface area contributed by atoms with Crippen LogP contribution in [0.25, 0.3) is 5.65 Å². The molecular weight excluding hydrogens is 442 g/mol. The summed E-state index contributed by atoms with van der Waals surface area (Å²) in [6, 6.07) is 14.3. The molecule has 0 atom stereocenters. The fourth-order valence-corrected chi connectivity index (χ4v) is 3.78. The Hall–Kier alpha value is -3.91. The summed E-state index contributed by atoms with van der Waals surface area (Å²) >= 11 is 6.19. The molecule has 0 spiro atoms. The van der Waals surface area contributed by atoms with Crippen LogP contribution in [0.3, 0.4) is 0 Å². The minimum Gasteiger partial charge on any atom is -0.454 e. The van der Waals surface area contributed by atoms with Gasteiger partial charge in [0.1, 0.15) is 11.3 Å². The first-order valence-electron chi connectivity index (χ1n) is 10.3. The van der Waals surface area contributed by atoms with E-state index in [4.69, 9.17) is 22.1 Å². The number of carbonyl (C=O) groups excluding carboxylic acids is 2. The van der Waals surface area contributed by atoms with E-state index < -0.39 is 5.91 Å². The number of nitrogens with zero attached hydrogens (tertiary/aromatic N) is 3. The molecule has 0 saturated heterocycles. The second-order valence-electron chi connectivity index (χ2n) is 7.50. The molecule has 3 N–H and O–H groups in total. The number of anilines is 1. The van der Waals surface area contributed by atoms with Crippen molar-refractivity contribution in [1.29, 1.82) is 0 Å². The van der Waals surface area contributed by atoms with E-state index in [9.17, 15) is 9.59 Å². The summed E-state index contributed by atoms with van der Waals surface area (Å²) in [7, 11) is 0. The third-order valence-electron chi connectivity index (χ3n) is 5.29. The van der Waals surface area contributed by atoms with Crippen molar-refractivity contribution >= 4 is 34.7 Å². The molecule has 168 valence electrons. The van der Waals surface area contributed by atoms with E-state index in [1.807, 2.05) is 38.1 Å². The van der Waals surface area contributed by atoms with Crippen LogP contribution >= 0.6 is 11.6 Å². The molecule has 0 unspecified atom stereocenters. The third-order valence-corrected chi connectivity index (χ3v) is 5.61. The van der Waals surface area contributed by atoms with Gasteiger partial charge in [-0.2, -0.15) is 5.10 Å². The van der Waals surface area contributed by atoms with Crippen molar-refractivity contribution in [2.45, 2.75) is 26.7 Å². The van der Waals surface area contributed by atoms with Crippen LogP contribution in [0.1, 0.15) is 33.7 Å². The molecule has 2 aromatic carbocycles. The van der Waals surface area contributed by atoms with Crippen LogP contribution in [0, 0.1) is 13.8 Å². The highest BCUT2D eigenvalue weighted by Crippen LogP contribution is 2.33. The maximum atomic E-state index is 12.7. The van der Waals surface area contributed by atoms with E-state index >= 15 is 0 Å². The molecule has 0 aliphatic carbocycles. The predicted molar refractivity (Wildman–Crippen MR) is 126 cm³/mol. The topological polar surface area (TPSA) is 112 Å². The number of halogens is 1. The fourth-order valence-electron chi connectivity index (χ4n) is 3.60. The Morgan fingerprint density at radius 3 is 2.52 bits per heavy atom. The van der Waals surface area contributed by atoms with Gasteiger partial charge in [0.2, 0.25) is 5.91 Å². The molecule has 0 aliphatic rings. The third kappa shape index (κ3) is 4.65. The molecule has 8 nitrogen and oxygen atoms in total. The average Bonchev–Trinajstić information content (AvgIpc) is 3.21. The summed E-state index contributed by atoms with van der Waals surface area (Å²) in [5.41, 5.74) is 9.04. The number of benzene rings is 2. The number of fused-ring (bicyclic) bond motifs is 1. The van der Waals surface area contributed by atoms with Gasteiger partial charge in [0.05, 0.1) is 16.9 Å². The van der Waals surface area contributed by atoms with Crippen LogP contribution in [-0.4, -0.2) is 26.4 Å². The van der Waals surface area contributed by atoms with Gasteiger partial charge >= 0.3 is 0 Å². The summed E-state index contributed by atoms with van der Waals surface area (Å²) in [5.74, 6) is 0.231. The molecule has 0 fully saturated rings. The molecular formula is C24H22ClN5O3. The number of nitrogens with two attached hydrogens (primary N) is 1. The van der Waals surface area contributed by atoms with Gasteiger partial charge in [-0.1, -0.05) is 35.9 Å². The quantitative estimate of drug-likeness (QED) is 0.420. The summed E-state index contributed by atoms with van der Waals surface area (Å²) in [6.45, 7) is 3.71. The first-order valence-corrected chi connectivity index (χ1v) is 10.7. The predicted octanol–water partition coefficient (Wildman–Crippen LogP) is 4.46. The Morgan fingerprint density at radius 2 is 1.79 bits per heavy atom. The van der Waals surface area contributed by atoms with Crippen molar-refractivity contribution in [3.63, 3.8) is 0 Å². The first-order chi connectivity index (χ1) is 15.8. The van der Waals surface area contributed by atoms with Crippen LogP contribution in [0.5, 0.6) is 11.5 Å². The number of hydrogen-bond acceptors (Lipinski definition) is 5. The van der Waals surface area contributed by atoms with Gasteiger partial charge in [0.15, 0.2) is 11.4 Å². The highest BCUT2D eigenvalue weighted by molar-refractivity contribution is 6.32. The Labute approximate surface area is 195 Å². The van der Waals surface area contributed by atoms with Crippen LogP contribution in [0.2, 0.25) is 5.02 Å². The van der Waals surface area contributed by atoms with Crippen molar-refractivity contribution in [3.8, 4) is 11.5 Å².